The zero-order valence-electron chi connectivity index (χ0n) is 13.7. The molecule has 0 aliphatic rings. The molecule has 2 amide bonds. The summed E-state index contributed by atoms with van der Waals surface area (Å²) in [6.07, 6.45) is 0.208. The largest absolute Gasteiger partial charge is 0.484 e. The van der Waals surface area contributed by atoms with E-state index in [1.807, 2.05) is 49.4 Å². The Morgan fingerprint density at radius 1 is 0.960 bits per heavy atom. The molecule has 7 heteroatoms. The van der Waals surface area contributed by atoms with E-state index in [0.29, 0.717) is 5.75 Å². The molecule has 130 valence electrons. The molecular formula is C18H19N3O3S. The Morgan fingerprint density at radius 3 is 2.36 bits per heavy atom. The predicted molar refractivity (Wildman–Crippen MR) is 98.8 cm³/mol. The van der Waals surface area contributed by atoms with Crippen molar-refractivity contribution >= 4 is 29.1 Å². The highest BCUT2D eigenvalue weighted by molar-refractivity contribution is 7.80. The van der Waals surface area contributed by atoms with Crippen molar-refractivity contribution in [3.63, 3.8) is 0 Å². The van der Waals surface area contributed by atoms with Crippen LogP contribution in [0, 0.1) is 6.92 Å². The molecule has 0 atom stereocenters. The van der Waals surface area contributed by atoms with E-state index in [9.17, 15) is 9.59 Å². The van der Waals surface area contributed by atoms with Crippen molar-refractivity contribution in [1.29, 1.82) is 0 Å². The van der Waals surface area contributed by atoms with Gasteiger partial charge in [0.1, 0.15) is 5.75 Å². The van der Waals surface area contributed by atoms with Gasteiger partial charge in [-0.25, -0.2) is 0 Å². The van der Waals surface area contributed by atoms with Gasteiger partial charge in [0.15, 0.2) is 11.7 Å². The van der Waals surface area contributed by atoms with Gasteiger partial charge in [0.05, 0.1) is 6.42 Å². The first-order valence-electron chi connectivity index (χ1n) is 7.65. The van der Waals surface area contributed by atoms with E-state index in [2.05, 4.69) is 16.2 Å². The molecule has 0 spiro atoms. The lowest BCUT2D eigenvalue weighted by molar-refractivity contribution is -0.124. The van der Waals surface area contributed by atoms with E-state index >= 15 is 0 Å². The molecule has 0 unspecified atom stereocenters. The zero-order chi connectivity index (χ0) is 18.1. The maximum absolute atomic E-state index is 12.0. The number of carbonyl (C=O) groups is 2. The Bertz CT molecular complexity index is 750. The van der Waals surface area contributed by atoms with Crippen molar-refractivity contribution in [2.75, 3.05) is 6.61 Å². The third-order valence-electron chi connectivity index (χ3n) is 3.29. The summed E-state index contributed by atoms with van der Waals surface area (Å²) < 4.78 is 5.29. The van der Waals surface area contributed by atoms with Crippen LogP contribution >= 0.6 is 12.2 Å². The Labute approximate surface area is 151 Å². The van der Waals surface area contributed by atoms with Gasteiger partial charge in [0, 0.05) is 0 Å². The smallest absolute Gasteiger partial charge is 0.276 e. The molecule has 2 aromatic carbocycles. The van der Waals surface area contributed by atoms with Crippen LogP contribution in [0.5, 0.6) is 5.75 Å². The number of carbonyl (C=O) groups excluding carboxylic acids is 2. The Morgan fingerprint density at radius 2 is 1.64 bits per heavy atom. The van der Waals surface area contributed by atoms with E-state index in [1.54, 1.807) is 12.1 Å². The first kappa shape index (κ1) is 18.4. The summed E-state index contributed by atoms with van der Waals surface area (Å²) in [5.41, 5.74) is 6.78. The molecule has 0 saturated carbocycles. The van der Waals surface area contributed by atoms with E-state index in [0.717, 1.165) is 11.1 Å². The molecule has 0 radical (unpaired) electrons. The number of aryl methyl sites for hydroxylation is 1. The number of thiocarbonyl (C=S) groups is 1. The van der Waals surface area contributed by atoms with Crippen LogP contribution in [0.25, 0.3) is 0 Å². The molecule has 0 fully saturated rings. The van der Waals surface area contributed by atoms with E-state index < -0.39 is 5.91 Å². The van der Waals surface area contributed by atoms with Crippen molar-refractivity contribution in [3.05, 3.63) is 65.7 Å². The van der Waals surface area contributed by atoms with Crippen LogP contribution < -0.4 is 20.9 Å². The molecule has 0 saturated heterocycles. The predicted octanol–water partition coefficient (Wildman–Crippen LogP) is 1.64. The Balaban J connectivity index is 1.68. The van der Waals surface area contributed by atoms with Gasteiger partial charge < -0.3 is 10.1 Å². The molecule has 0 aliphatic heterocycles. The van der Waals surface area contributed by atoms with Gasteiger partial charge in [-0.1, -0.05) is 42.5 Å². The van der Waals surface area contributed by atoms with Crippen LogP contribution in [0.3, 0.4) is 0 Å². The van der Waals surface area contributed by atoms with Gasteiger partial charge in [-0.05, 0) is 42.4 Å². The molecular weight excluding hydrogens is 338 g/mol. The van der Waals surface area contributed by atoms with Crippen molar-refractivity contribution in [2.45, 2.75) is 13.3 Å². The molecule has 3 N–H and O–H groups in total. The summed E-state index contributed by atoms with van der Waals surface area (Å²) in [6, 6.07) is 16.6. The lowest BCUT2D eigenvalue weighted by atomic mass is 10.1. The fourth-order valence-electron chi connectivity index (χ4n) is 2.01. The first-order chi connectivity index (χ1) is 12.0. The number of hydrazine groups is 1. The van der Waals surface area contributed by atoms with E-state index in [1.165, 1.54) is 0 Å². The van der Waals surface area contributed by atoms with Crippen LogP contribution in [0.15, 0.2) is 54.6 Å². The summed E-state index contributed by atoms with van der Waals surface area (Å²) in [5.74, 6) is -0.0901. The lowest BCUT2D eigenvalue weighted by Gasteiger charge is -2.12. The second-order valence-electron chi connectivity index (χ2n) is 5.26. The highest BCUT2D eigenvalue weighted by Crippen LogP contribution is 2.08. The molecule has 0 aromatic heterocycles. The summed E-state index contributed by atoms with van der Waals surface area (Å²) in [6.45, 7) is 1.77. The number of ether oxygens (including phenoxy) is 1. The summed E-state index contributed by atoms with van der Waals surface area (Å²) in [5, 5.41) is 2.53. The molecule has 25 heavy (non-hydrogen) atoms. The second-order valence-corrected chi connectivity index (χ2v) is 5.66. The fraction of sp³-hybridized carbons (Fsp3) is 0.167. The van der Waals surface area contributed by atoms with Crippen LogP contribution in [-0.4, -0.2) is 23.5 Å². The summed E-state index contributed by atoms with van der Waals surface area (Å²) in [7, 11) is 0. The Hall–Kier alpha value is -2.93. The van der Waals surface area contributed by atoms with Crippen LogP contribution in [0.2, 0.25) is 0 Å². The molecule has 6 nitrogen and oxygen atoms in total. The minimum atomic E-state index is -0.417. The average molecular weight is 357 g/mol. The number of amides is 2. The van der Waals surface area contributed by atoms with E-state index in [4.69, 9.17) is 17.0 Å². The van der Waals surface area contributed by atoms with Crippen molar-refractivity contribution in [3.8, 4) is 5.75 Å². The maximum atomic E-state index is 12.0. The zero-order valence-corrected chi connectivity index (χ0v) is 14.6. The van der Waals surface area contributed by atoms with Gasteiger partial charge in [0.2, 0.25) is 5.91 Å². The van der Waals surface area contributed by atoms with Gasteiger partial charge in [-0.3, -0.25) is 20.4 Å². The molecule has 2 aromatic rings. The normalized spacial score (nSPS) is 9.80. The maximum Gasteiger partial charge on any atom is 0.276 e. The van der Waals surface area contributed by atoms with Gasteiger partial charge in [0.25, 0.3) is 5.91 Å². The monoisotopic (exact) mass is 357 g/mol. The molecule has 0 aliphatic carbocycles. The van der Waals surface area contributed by atoms with Gasteiger partial charge in [-0.15, -0.1) is 0 Å². The summed E-state index contributed by atoms with van der Waals surface area (Å²) >= 11 is 4.98. The van der Waals surface area contributed by atoms with Gasteiger partial charge >= 0.3 is 0 Å². The minimum absolute atomic E-state index is 0.0200. The van der Waals surface area contributed by atoms with Crippen molar-refractivity contribution in [1.82, 2.24) is 16.2 Å². The highest BCUT2D eigenvalue weighted by Gasteiger charge is 2.08. The number of para-hydroxylation sites is 1. The molecule has 0 bridgehead atoms. The van der Waals surface area contributed by atoms with Gasteiger partial charge in [-0.2, -0.15) is 0 Å². The quantitative estimate of drug-likeness (QED) is 0.560. The average Bonchev–Trinajstić information content (AvgIpc) is 2.61. The number of benzene rings is 2. The SMILES string of the molecule is Cc1ccccc1CC(=O)NC(=S)NNC(=O)COc1ccccc1. The third kappa shape index (κ3) is 6.60. The standard InChI is InChI=1S/C18H19N3O3S/c1-13-7-5-6-8-14(13)11-16(22)19-18(25)21-20-17(23)12-24-15-9-3-2-4-10-15/h2-10H,11-12H2,1H3,(H,20,23)(H2,19,21,22,25). The van der Waals surface area contributed by atoms with Crippen LogP contribution in [0.1, 0.15) is 11.1 Å². The second kappa shape index (κ2) is 9.39. The third-order valence-corrected chi connectivity index (χ3v) is 3.50. The van der Waals surface area contributed by atoms with E-state index in [-0.39, 0.29) is 24.0 Å². The number of nitrogens with one attached hydrogen (secondary N) is 3. The van der Waals surface area contributed by atoms with Crippen molar-refractivity contribution < 1.29 is 14.3 Å². The number of hydrogen-bond acceptors (Lipinski definition) is 4. The number of rotatable bonds is 5. The topological polar surface area (TPSA) is 79.5 Å². The number of hydrogen-bond donors (Lipinski definition) is 3. The minimum Gasteiger partial charge on any atom is -0.484 e. The molecule has 0 heterocycles. The van der Waals surface area contributed by atoms with Crippen molar-refractivity contribution in [2.24, 2.45) is 0 Å². The molecule has 2 rings (SSSR count). The van der Waals surface area contributed by atoms with Crippen LogP contribution in [-0.2, 0) is 16.0 Å². The summed E-state index contributed by atoms with van der Waals surface area (Å²) in [4.78, 5) is 23.6. The highest BCUT2D eigenvalue weighted by atomic mass is 32.1. The lowest BCUT2D eigenvalue weighted by Crippen LogP contribution is -2.50. The fourth-order valence-corrected chi connectivity index (χ4v) is 2.18. The van der Waals surface area contributed by atoms with Crippen LogP contribution in [0.4, 0.5) is 0 Å². The first-order valence-corrected chi connectivity index (χ1v) is 8.06. The Kier molecular flexibility index (Phi) is 6.91.